The summed E-state index contributed by atoms with van der Waals surface area (Å²) in [4.78, 5) is 5.31. The molecule has 1 atom stereocenters. The van der Waals surface area contributed by atoms with Gasteiger partial charge in [0.25, 0.3) is 0 Å². The topological polar surface area (TPSA) is 78.7 Å². The van der Waals surface area contributed by atoms with Crippen molar-refractivity contribution in [3.8, 4) is 23.0 Å². The first kappa shape index (κ1) is 13.8. The van der Waals surface area contributed by atoms with Crippen LogP contribution in [0.4, 0.5) is 0 Å². The predicted molar refractivity (Wildman–Crippen MR) is 73.4 cm³/mol. The van der Waals surface area contributed by atoms with Gasteiger partial charge in [-0.3, -0.25) is 0 Å². The fourth-order valence-electron chi connectivity index (χ4n) is 2.54. The van der Waals surface area contributed by atoms with E-state index in [2.05, 4.69) is 5.16 Å². The molecule has 0 bridgehead atoms. The second kappa shape index (κ2) is 5.69. The number of aliphatic hydroxyl groups excluding tert-OH is 1. The summed E-state index contributed by atoms with van der Waals surface area (Å²) in [6.07, 6.45) is 1.03. The van der Waals surface area contributed by atoms with Crippen LogP contribution in [0.2, 0.25) is 0 Å². The summed E-state index contributed by atoms with van der Waals surface area (Å²) in [5.74, 6) is 2.30. The van der Waals surface area contributed by atoms with E-state index in [1.54, 1.807) is 14.2 Å². The average Bonchev–Trinajstić information content (AvgIpc) is 3.14. The highest BCUT2D eigenvalue weighted by molar-refractivity contribution is 5.86. The first-order chi connectivity index (χ1) is 10.3. The first-order valence-electron chi connectivity index (χ1n) is 6.62. The number of oxime groups is 1. The Bertz CT molecular complexity index is 571. The third kappa shape index (κ3) is 2.44. The minimum atomic E-state index is -0.133. The molecule has 2 aliphatic heterocycles. The van der Waals surface area contributed by atoms with Gasteiger partial charge in [-0.1, -0.05) is 5.16 Å². The number of nitrogens with zero attached hydrogens (tertiary/aromatic N) is 1. The van der Waals surface area contributed by atoms with Crippen molar-refractivity contribution >= 4 is 5.71 Å². The monoisotopic (exact) mass is 295 g/mol. The molecular formula is C14H17NO6. The third-order valence-electron chi connectivity index (χ3n) is 3.48. The van der Waals surface area contributed by atoms with Crippen molar-refractivity contribution in [3.63, 3.8) is 0 Å². The Kier molecular flexibility index (Phi) is 3.74. The van der Waals surface area contributed by atoms with Crippen LogP contribution < -0.4 is 18.9 Å². The number of hydrogen-bond acceptors (Lipinski definition) is 7. The molecule has 1 N–H and O–H groups in total. The molecular weight excluding hydrogens is 278 g/mol. The highest BCUT2D eigenvalue weighted by Crippen LogP contribution is 2.49. The van der Waals surface area contributed by atoms with Crippen molar-refractivity contribution in [2.75, 3.05) is 27.6 Å². The molecule has 114 valence electrons. The van der Waals surface area contributed by atoms with Crippen LogP contribution in [0.5, 0.6) is 23.0 Å². The lowest BCUT2D eigenvalue weighted by Crippen LogP contribution is -2.13. The molecule has 0 aromatic heterocycles. The largest absolute Gasteiger partial charge is 0.492 e. The number of rotatable bonds is 5. The van der Waals surface area contributed by atoms with Gasteiger partial charge >= 0.3 is 0 Å². The van der Waals surface area contributed by atoms with E-state index in [4.69, 9.17) is 28.9 Å². The lowest BCUT2D eigenvalue weighted by molar-refractivity contribution is 0.0852. The summed E-state index contributed by atoms with van der Waals surface area (Å²) in [5.41, 5.74) is 1.53. The van der Waals surface area contributed by atoms with Gasteiger partial charge in [-0.25, -0.2) is 0 Å². The highest BCUT2D eigenvalue weighted by Gasteiger charge is 2.29. The molecule has 7 heteroatoms. The predicted octanol–water partition coefficient (Wildman–Crippen LogP) is 1.11. The summed E-state index contributed by atoms with van der Waals surface area (Å²) in [5, 5.41) is 12.9. The standard InChI is InChI=1S/C14H17NO6/c1-17-12-8(3-10-5-9(6-16)15-21-10)4-11-13(14(12)18-2)20-7-19-11/h4,10,16H,3,5-7H2,1-2H3. The van der Waals surface area contributed by atoms with Crippen molar-refractivity contribution in [2.24, 2.45) is 5.16 Å². The summed E-state index contributed by atoms with van der Waals surface area (Å²) < 4.78 is 21.7. The van der Waals surface area contributed by atoms with E-state index in [-0.39, 0.29) is 19.5 Å². The zero-order valence-electron chi connectivity index (χ0n) is 11.9. The lowest BCUT2D eigenvalue weighted by Gasteiger charge is -2.16. The second-order valence-electron chi connectivity index (χ2n) is 4.79. The van der Waals surface area contributed by atoms with E-state index in [9.17, 15) is 0 Å². The maximum absolute atomic E-state index is 9.07. The number of benzene rings is 1. The van der Waals surface area contributed by atoms with Gasteiger partial charge in [0.2, 0.25) is 18.3 Å². The van der Waals surface area contributed by atoms with Gasteiger partial charge < -0.3 is 28.9 Å². The Balaban J connectivity index is 1.88. The van der Waals surface area contributed by atoms with Crippen LogP contribution in [0.3, 0.4) is 0 Å². The van der Waals surface area contributed by atoms with Gasteiger partial charge in [-0.05, 0) is 6.07 Å². The molecule has 3 rings (SSSR count). The van der Waals surface area contributed by atoms with E-state index in [0.717, 1.165) is 5.56 Å². The zero-order chi connectivity index (χ0) is 14.8. The molecule has 1 aromatic carbocycles. The summed E-state index contributed by atoms with van der Waals surface area (Å²) in [6.45, 7) is 0.0775. The molecule has 0 saturated heterocycles. The molecule has 0 amide bonds. The summed E-state index contributed by atoms with van der Waals surface area (Å²) in [6, 6.07) is 1.87. The maximum Gasteiger partial charge on any atom is 0.231 e. The molecule has 0 fully saturated rings. The SMILES string of the molecule is COc1c(CC2CC(CO)=NO2)cc2c(c1OC)OCO2. The van der Waals surface area contributed by atoms with E-state index in [0.29, 0.717) is 41.6 Å². The normalized spacial score (nSPS) is 19.2. The number of methoxy groups -OCH3 is 2. The van der Waals surface area contributed by atoms with Crippen LogP contribution in [-0.2, 0) is 11.3 Å². The van der Waals surface area contributed by atoms with Crippen LogP contribution in [0.15, 0.2) is 11.2 Å². The fourth-order valence-corrected chi connectivity index (χ4v) is 2.54. The van der Waals surface area contributed by atoms with Crippen molar-refractivity contribution in [1.29, 1.82) is 0 Å². The number of aliphatic hydroxyl groups is 1. The quantitative estimate of drug-likeness (QED) is 0.876. The zero-order valence-corrected chi connectivity index (χ0v) is 11.9. The van der Waals surface area contributed by atoms with E-state index < -0.39 is 0 Å². The molecule has 7 nitrogen and oxygen atoms in total. The molecule has 2 heterocycles. The highest BCUT2D eigenvalue weighted by atomic mass is 16.7. The molecule has 1 unspecified atom stereocenters. The Morgan fingerprint density at radius 1 is 1.29 bits per heavy atom. The van der Waals surface area contributed by atoms with Crippen LogP contribution in [-0.4, -0.2) is 44.5 Å². The maximum atomic E-state index is 9.07. The Morgan fingerprint density at radius 3 is 2.76 bits per heavy atom. The minimum absolute atomic E-state index is 0.0852. The molecule has 0 saturated carbocycles. The number of ether oxygens (including phenoxy) is 4. The number of hydrogen-bond donors (Lipinski definition) is 1. The average molecular weight is 295 g/mol. The van der Waals surface area contributed by atoms with Crippen molar-refractivity contribution < 1.29 is 28.9 Å². The first-order valence-corrected chi connectivity index (χ1v) is 6.62. The van der Waals surface area contributed by atoms with Crippen LogP contribution >= 0.6 is 0 Å². The van der Waals surface area contributed by atoms with E-state index in [1.807, 2.05) is 6.07 Å². The van der Waals surface area contributed by atoms with E-state index >= 15 is 0 Å². The lowest BCUT2D eigenvalue weighted by atomic mass is 10.0. The van der Waals surface area contributed by atoms with Gasteiger partial charge in [-0.2, -0.15) is 0 Å². The Morgan fingerprint density at radius 2 is 2.10 bits per heavy atom. The van der Waals surface area contributed by atoms with Gasteiger partial charge in [0, 0.05) is 18.4 Å². The molecule has 0 spiro atoms. The van der Waals surface area contributed by atoms with Gasteiger partial charge in [0.1, 0.15) is 6.10 Å². The Hall–Kier alpha value is -2.15. The van der Waals surface area contributed by atoms with Gasteiger partial charge in [0.15, 0.2) is 11.5 Å². The smallest absolute Gasteiger partial charge is 0.231 e. The minimum Gasteiger partial charge on any atom is -0.492 e. The summed E-state index contributed by atoms with van der Waals surface area (Å²) in [7, 11) is 3.14. The van der Waals surface area contributed by atoms with Gasteiger partial charge in [-0.15, -0.1) is 0 Å². The second-order valence-corrected chi connectivity index (χ2v) is 4.79. The van der Waals surface area contributed by atoms with Crippen molar-refractivity contribution in [1.82, 2.24) is 0 Å². The van der Waals surface area contributed by atoms with Crippen LogP contribution in [0.25, 0.3) is 0 Å². The summed E-state index contributed by atoms with van der Waals surface area (Å²) >= 11 is 0. The van der Waals surface area contributed by atoms with Crippen molar-refractivity contribution in [3.05, 3.63) is 11.6 Å². The van der Waals surface area contributed by atoms with Crippen LogP contribution in [0, 0.1) is 0 Å². The van der Waals surface area contributed by atoms with Gasteiger partial charge in [0.05, 0.1) is 26.5 Å². The molecule has 0 aliphatic carbocycles. The molecule has 21 heavy (non-hydrogen) atoms. The molecule has 0 radical (unpaired) electrons. The number of fused-ring (bicyclic) bond motifs is 1. The molecule has 1 aromatic rings. The Labute approximate surface area is 122 Å². The van der Waals surface area contributed by atoms with Crippen molar-refractivity contribution in [2.45, 2.75) is 18.9 Å². The third-order valence-corrected chi connectivity index (χ3v) is 3.48. The van der Waals surface area contributed by atoms with E-state index in [1.165, 1.54) is 0 Å². The van der Waals surface area contributed by atoms with Crippen LogP contribution in [0.1, 0.15) is 12.0 Å². The fraction of sp³-hybridized carbons (Fsp3) is 0.500. The molecule has 2 aliphatic rings.